The topological polar surface area (TPSA) is 77.8 Å². The van der Waals surface area contributed by atoms with E-state index in [1.807, 2.05) is 0 Å². The van der Waals surface area contributed by atoms with Crippen molar-refractivity contribution in [2.24, 2.45) is 0 Å². The van der Waals surface area contributed by atoms with Gasteiger partial charge in [-0.25, -0.2) is 4.79 Å². The number of carbonyl (C=O) groups is 1. The Labute approximate surface area is 84.6 Å². The van der Waals surface area contributed by atoms with Crippen LogP contribution in [0, 0.1) is 0 Å². The summed E-state index contributed by atoms with van der Waals surface area (Å²) in [5, 5.41) is 26.3. The summed E-state index contributed by atoms with van der Waals surface area (Å²) in [6.45, 7) is 2.12. The van der Waals surface area contributed by atoms with Crippen LogP contribution in [0.15, 0.2) is 0 Å². The van der Waals surface area contributed by atoms with Crippen molar-refractivity contribution in [2.75, 3.05) is 0 Å². The fraction of sp³-hybridized carbons (Fsp3) is 0.900. The molecule has 0 bridgehead atoms. The molecule has 0 unspecified atom stereocenters. The Hall–Kier alpha value is -0.610. The van der Waals surface area contributed by atoms with Gasteiger partial charge in [0.05, 0.1) is 0 Å². The first-order valence-electron chi connectivity index (χ1n) is 5.19. The lowest BCUT2D eigenvalue weighted by Crippen LogP contribution is -2.37. The predicted molar refractivity (Wildman–Crippen MR) is 52.8 cm³/mol. The van der Waals surface area contributed by atoms with Crippen molar-refractivity contribution < 1.29 is 20.1 Å². The molecule has 4 heteroatoms. The average molecular weight is 204 g/mol. The van der Waals surface area contributed by atoms with Gasteiger partial charge in [-0.15, -0.1) is 0 Å². The van der Waals surface area contributed by atoms with Crippen molar-refractivity contribution in [2.45, 2.75) is 57.7 Å². The third-order valence-corrected chi connectivity index (χ3v) is 2.22. The van der Waals surface area contributed by atoms with Crippen LogP contribution < -0.4 is 0 Å². The van der Waals surface area contributed by atoms with Gasteiger partial charge >= 0.3 is 5.97 Å². The molecule has 84 valence electrons. The van der Waals surface area contributed by atoms with Gasteiger partial charge in [-0.3, -0.25) is 0 Å². The summed E-state index contributed by atoms with van der Waals surface area (Å²) in [6, 6.07) is 0. The van der Waals surface area contributed by atoms with E-state index in [9.17, 15) is 4.79 Å². The maximum atomic E-state index is 10.3. The third kappa shape index (κ3) is 5.94. The number of hydrogen-bond acceptors (Lipinski definition) is 3. The highest BCUT2D eigenvalue weighted by Crippen LogP contribution is 2.13. The zero-order chi connectivity index (χ0) is 11.0. The van der Waals surface area contributed by atoms with E-state index in [4.69, 9.17) is 15.3 Å². The van der Waals surface area contributed by atoms with Crippen LogP contribution in [0.4, 0.5) is 0 Å². The van der Waals surface area contributed by atoms with E-state index in [0.29, 0.717) is 6.42 Å². The van der Waals surface area contributed by atoms with Crippen molar-refractivity contribution in [3.05, 3.63) is 0 Å². The van der Waals surface area contributed by atoms with E-state index < -0.39 is 11.8 Å². The van der Waals surface area contributed by atoms with E-state index >= 15 is 0 Å². The van der Waals surface area contributed by atoms with E-state index in [2.05, 4.69) is 6.92 Å². The second-order valence-electron chi connectivity index (χ2n) is 3.64. The third-order valence-electron chi connectivity index (χ3n) is 2.22. The molecule has 14 heavy (non-hydrogen) atoms. The molecule has 0 aromatic rings. The fourth-order valence-electron chi connectivity index (χ4n) is 1.26. The lowest BCUT2D eigenvalue weighted by Gasteiger charge is -2.15. The summed E-state index contributed by atoms with van der Waals surface area (Å²) < 4.78 is 0. The van der Waals surface area contributed by atoms with Crippen molar-refractivity contribution in [3.8, 4) is 0 Å². The molecule has 0 rings (SSSR count). The molecule has 0 aromatic carbocycles. The normalized spacial score (nSPS) is 11.6. The highest BCUT2D eigenvalue weighted by Gasteiger charge is 2.31. The average Bonchev–Trinajstić information content (AvgIpc) is 2.10. The summed E-state index contributed by atoms with van der Waals surface area (Å²) in [5.41, 5.74) is 0. The molecular weight excluding hydrogens is 184 g/mol. The minimum absolute atomic E-state index is 0.0888. The largest absolute Gasteiger partial charge is 0.477 e. The molecule has 0 aliphatic carbocycles. The molecule has 0 atom stereocenters. The Kier molecular flexibility index (Phi) is 6.49. The molecule has 0 fully saturated rings. The predicted octanol–water partition coefficient (Wildman–Crippen LogP) is 1.50. The first-order valence-corrected chi connectivity index (χ1v) is 5.19. The molecule has 0 aliphatic rings. The first-order chi connectivity index (χ1) is 6.50. The minimum Gasteiger partial charge on any atom is -0.477 e. The Morgan fingerprint density at radius 2 is 1.57 bits per heavy atom. The van der Waals surface area contributed by atoms with E-state index in [1.165, 1.54) is 12.8 Å². The zero-order valence-corrected chi connectivity index (χ0v) is 8.70. The van der Waals surface area contributed by atoms with E-state index in [1.54, 1.807) is 0 Å². The maximum absolute atomic E-state index is 10.3. The van der Waals surface area contributed by atoms with Crippen LogP contribution in [-0.4, -0.2) is 27.1 Å². The summed E-state index contributed by atoms with van der Waals surface area (Å²) in [6.07, 6.45) is 5.83. The van der Waals surface area contributed by atoms with Crippen LogP contribution in [0.2, 0.25) is 0 Å². The molecule has 0 saturated heterocycles. The molecular formula is C10H20O4. The molecule has 4 nitrogen and oxygen atoms in total. The van der Waals surface area contributed by atoms with E-state index in [0.717, 1.165) is 19.3 Å². The number of hydrogen-bond donors (Lipinski definition) is 3. The molecule has 0 aliphatic heterocycles. The molecule has 0 amide bonds. The lowest BCUT2D eigenvalue weighted by molar-refractivity contribution is -0.205. The van der Waals surface area contributed by atoms with Crippen LogP contribution in [0.3, 0.4) is 0 Å². The number of aliphatic carboxylic acids is 1. The second kappa shape index (κ2) is 6.79. The molecule has 0 saturated carbocycles. The van der Waals surface area contributed by atoms with Crippen molar-refractivity contribution in [1.29, 1.82) is 0 Å². The second-order valence-corrected chi connectivity index (χ2v) is 3.64. The minimum atomic E-state index is -2.54. The Morgan fingerprint density at radius 1 is 1.07 bits per heavy atom. The van der Waals surface area contributed by atoms with Crippen molar-refractivity contribution in [3.63, 3.8) is 0 Å². The van der Waals surface area contributed by atoms with Gasteiger partial charge in [0.1, 0.15) is 0 Å². The number of carboxylic acids is 1. The summed E-state index contributed by atoms with van der Waals surface area (Å²) in [7, 11) is 0. The van der Waals surface area contributed by atoms with Crippen molar-refractivity contribution >= 4 is 5.97 Å². The van der Waals surface area contributed by atoms with Gasteiger partial charge in [0, 0.05) is 6.42 Å². The quantitative estimate of drug-likeness (QED) is 0.413. The standard InChI is InChI=1S/C10H20O4/c1-2-3-4-5-6-7-8-10(13,14)9(11)12/h13-14H,2-8H2,1H3,(H,11,12). The number of unbranched alkanes of at least 4 members (excludes halogenated alkanes) is 5. The smallest absolute Gasteiger partial charge is 0.364 e. The highest BCUT2D eigenvalue weighted by molar-refractivity contribution is 5.74. The van der Waals surface area contributed by atoms with Gasteiger partial charge in [0.25, 0.3) is 5.79 Å². The van der Waals surface area contributed by atoms with Gasteiger partial charge in [0.15, 0.2) is 0 Å². The maximum Gasteiger partial charge on any atom is 0.364 e. The Balaban J connectivity index is 3.40. The molecule has 0 heterocycles. The van der Waals surface area contributed by atoms with Gasteiger partial charge in [-0.2, -0.15) is 0 Å². The molecule has 3 N–H and O–H groups in total. The molecule has 0 radical (unpaired) electrons. The summed E-state index contributed by atoms with van der Waals surface area (Å²) >= 11 is 0. The molecule has 0 aromatic heterocycles. The highest BCUT2D eigenvalue weighted by atomic mass is 16.5. The van der Waals surface area contributed by atoms with E-state index in [-0.39, 0.29) is 6.42 Å². The van der Waals surface area contributed by atoms with Gasteiger partial charge < -0.3 is 15.3 Å². The summed E-state index contributed by atoms with van der Waals surface area (Å²) in [5.74, 6) is -4.10. The Morgan fingerprint density at radius 3 is 2.07 bits per heavy atom. The number of aliphatic hydroxyl groups is 2. The van der Waals surface area contributed by atoms with Crippen LogP contribution in [0.25, 0.3) is 0 Å². The van der Waals surface area contributed by atoms with Gasteiger partial charge in [0.2, 0.25) is 0 Å². The van der Waals surface area contributed by atoms with Crippen LogP contribution in [0.1, 0.15) is 51.9 Å². The monoisotopic (exact) mass is 204 g/mol. The van der Waals surface area contributed by atoms with Gasteiger partial charge in [-0.05, 0) is 6.42 Å². The zero-order valence-electron chi connectivity index (χ0n) is 8.70. The van der Waals surface area contributed by atoms with Crippen LogP contribution in [-0.2, 0) is 4.79 Å². The lowest BCUT2D eigenvalue weighted by atomic mass is 10.1. The van der Waals surface area contributed by atoms with Gasteiger partial charge in [-0.1, -0.05) is 39.0 Å². The van der Waals surface area contributed by atoms with Crippen LogP contribution >= 0.6 is 0 Å². The fourth-order valence-corrected chi connectivity index (χ4v) is 1.26. The summed E-state index contributed by atoms with van der Waals surface area (Å²) in [4.78, 5) is 10.3. The van der Waals surface area contributed by atoms with Crippen LogP contribution in [0.5, 0.6) is 0 Å². The first kappa shape index (κ1) is 13.4. The SMILES string of the molecule is CCCCCCCCC(O)(O)C(=O)O. The molecule has 0 spiro atoms. The number of rotatable bonds is 8. The Bertz CT molecular complexity index is 166. The van der Waals surface area contributed by atoms with Crippen molar-refractivity contribution in [1.82, 2.24) is 0 Å². The number of carboxylic acid groups (broad SMARTS) is 1.